The Balaban J connectivity index is 1.98. The van der Waals surface area contributed by atoms with Crippen molar-refractivity contribution >= 4 is 22.5 Å². The van der Waals surface area contributed by atoms with E-state index in [2.05, 4.69) is 6.58 Å². The van der Waals surface area contributed by atoms with E-state index in [1.165, 1.54) is 0 Å². The molecule has 0 saturated carbocycles. The molecule has 0 atom stereocenters. The normalized spacial score (nSPS) is 10.7. The number of rotatable bonds is 6. The number of ether oxygens (including phenoxy) is 1. The third-order valence-electron chi connectivity index (χ3n) is 4.22. The van der Waals surface area contributed by atoms with E-state index < -0.39 is 0 Å². The number of likely N-dealkylation sites (N-methyl/N-ethyl adjacent to an activating group) is 1. The van der Waals surface area contributed by atoms with E-state index in [1.54, 1.807) is 19.0 Å². The number of benzene rings is 2. The van der Waals surface area contributed by atoms with Crippen molar-refractivity contribution in [2.75, 3.05) is 14.1 Å². The van der Waals surface area contributed by atoms with Crippen LogP contribution in [0, 0.1) is 0 Å². The standard InChI is InChI=1S/C21H23N3O2/c1-15(2)16-10-11-19-18(12-16)22-20(24(19)13-21(25)23(3)4)14-26-17-8-6-5-7-9-17/h5-12H,1,13-14H2,2-4H3. The lowest BCUT2D eigenvalue weighted by atomic mass is 10.1. The van der Waals surface area contributed by atoms with E-state index in [-0.39, 0.29) is 12.5 Å². The van der Waals surface area contributed by atoms with E-state index in [0.29, 0.717) is 6.61 Å². The summed E-state index contributed by atoms with van der Waals surface area (Å²) in [6.07, 6.45) is 0. The van der Waals surface area contributed by atoms with Gasteiger partial charge in [-0.05, 0) is 36.8 Å². The molecule has 0 aliphatic carbocycles. The van der Waals surface area contributed by atoms with Crippen LogP contribution in [-0.2, 0) is 17.9 Å². The van der Waals surface area contributed by atoms with Crippen molar-refractivity contribution in [3.8, 4) is 5.75 Å². The maximum atomic E-state index is 12.3. The topological polar surface area (TPSA) is 47.4 Å². The molecule has 0 fully saturated rings. The first-order valence-electron chi connectivity index (χ1n) is 8.48. The molecule has 0 aliphatic heterocycles. The van der Waals surface area contributed by atoms with Crippen molar-refractivity contribution in [3.63, 3.8) is 0 Å². The van der Waals surface area contributed by atoms with Gasteiger partial charge in [-0.3, -0.25) is 4.79 Å². The fraction of sp³-hybridized carbons (Fsp3) is 0.238. The Labute approximate surface area is 153 Å². The van der Waals surface area contributed by atoms with Crippen LogP contribution >= 0.6 is 0 Å². The van der Waals surface area contributed by atoms with Crippen LogP contribution in [0.2, 0.25) is 0 Å². The fourth-order valence-corrected chi connectivity index (χ4v) is 2.67. The molecule has 26 heavy (non-hydrogen) atoms. The molecule has 0 radical (unpaired) electrons. The maximum absolute atomic E-state index is 12.3. The van der Waals surface area contributed by atoms with Gasteiger partial charge in [-0.1, -0.05) is 36.4 Å². The van der Waals surface area contributed by atoms with Gasteiger partial charge in [0.1, 0.15) is 24.7 Å². The van der Waals surface area contributed by atoms with Crippen molar-refractivity contribution < 1.29 is 9.53 Å². The average molecular weight is 349 g/mol. The number of carbonyl (C=O) groups excluding carboxylic acids is 1. The van der Waals surface area contributed by atoms with Crippen LogP contribution in [0.15, 0.2) is 55.1 Å². The Morgan fingerprint density at radius 1 is 1.19 bits per heavy atom. The fourth-order valence-electron chi connectivity index (χ4n) is 2.67. The Morgan fingerprint density at radius 2 is 1.92 bits per heavy atom. The highest BCUT2D eigenvalue weighted by molar-refractivity contribution is 5.83. The Morgan fingerprint density at radius 3 is 2.58 bits per heavy atom. The second-order valence-corrected chi connectivity index (χ2v) is 6.49. The molecule has 1 aromatic heterocycles. The number of carbonyl (C=O) groups is 1. The second-order valence-electron chi connectivity index (χ2n) is 6.49. The van der Waals surface area contributed by atoms with Gasteiger partial charge in [-0.15, -0.1) is 0 Å². The van der Waals surface area contributed by atoms with Gasteiger partial charge in [0.2, 0.25) is 5.91 Å². The van der Waals surface area contributed by atoms with E-state index in [4.69, 9.17) is 9.72 Å². The maximum Gasteiger partial charge on any atom is 0.242 e. The molecule has 1 amide bonds. The molecule has 0 saturated heterocycles. The smallest absolute Gasteiger partial charge is 0.242 e. The molecule has 0 spiro atoms. The first-order chi connectivity index (χ1) is 12.5. The number of hydrogen-bond donors (Lipinski definition) is 0. The number of fused-ring (bicyclic) bond motifs is 1. The molecule has 5 heteroatoms. The summed E-state index contributed by atoms with van der Waals surface area (Å²) in [6.45, 7) is 6.47. The number of para-hydroxylation sites is 1. The van der Waals surface area contributed by atoms with Gasteiger partial charge < -0.3 is 14.2 Å². The summed E-state index contributed by atoms with van der Waals surface area (Å²) < 4.78 is 7.78. The molecule has 3 aromatic rings. The van der Waals surface area contributed by atoms with Crippen LogP contribution in [-0.4, -0.2) is 34.5 Å². The van der Waals surface area contributed by atoms with Crippen LogP contribution < -0.4 is 4.74 Å². The molecule has 5 nitrogen and oxygen atoms in total. The van der Waals surface area contributed by atoms with E-state index in [0.717, 1.165) is 33.7 Å². The van der Waals surface area contributed by atoms with Gasteiger partial charge in [0.15, 0.2) is 0 Å². The van der Waals surface area contributed by atoms with Crippen molar-refractivity contribution in [1.29, 1.82) is 0 Å². The van der Waals surface area contributed by atoms with Gasteiger partial charge in [-0.2, -0.15) is 0 Å². The van der Waals surface area contributed by atoms with Gasteiger partial charge >= 0.3 is 0 Å². The average Bonchev–Trinajstić information content (AvgIpc) is 2.97. The first kappa shape index (κ1) is 17.7. The molecule has 0 bridgehead atoms. The van der Waals surface area contributed by atoms with Crippen molar-refractivity contribution in [2.24, 2.45) is 0 Å². The number of amides is 1. The minimum atomic E-state index is 0.00855. The number of nitrogens with zero attached hydrogens (tertiary/aromatic N) is 3. The van der Waals surface area contributed by atoms with Crippen LogP contribution in [0.25, 0.3) is 16.6 Å². The third kappa shape index (κ3) is 3.77. The highest BCUT2D eigenvalue weighted by Gasteiger charge is 2.16. The Bertz CT molecular complexity index is 943. The van der Waals surface area contributed by atoms with E-state index in [1.807, 2.05) is 60.0 Å². The number of aromatic nitrogens is 2. The highest BCUT2D eigenvalue weighted by Crippen LogP contribution is 2.22. The van der Waals surface area contributed by atoms with Gasteiger partial charge in [0.05, 0.1) is 11.0 Å². The Hall–Kier alpha value is -3.08. The zero-order valence-electron chi connectivity index (χ0n) is 15.4. The highest BCUT2D eigenvalue weighted by atomic mass is 16.5. The molecule has 3 rings (SSSR count). The number of allylic oxidation sites excluding steroid dienone is 1. The van der Waals surface area contributed by atoms with Crippen LogP contribution in [0.5, 0.6) is 5.75 Å². The van der Waals surface area contributed by atoms with Crippen LogP contribution in [0.3, 0.4) is 0 Å². The zero-order valence-corrected chi connectivity index (χ0v) is 15.4. The second kappa shape index (κ2) is 7.44. The molecule has 0 unspecified atom stereocenters. The summed E-state index contributed by atoms with van der Waals surface area (Å²) in [5.74, 6) is 1.50. The summed E-state index contributed by atoms with van der Waals surface area (Å²) in [5, 5.41) is 0. The molecule has 0 N–H and O–H groups in total. The lowest BCUT2D eigenvalue weighted by Crippen LogP contribution is -2.27. The molecule has 0 aliphatic rings. The van der Waals surface area contributed by atoms with Crippen molar-refractivity contribution in [1.82, 2.24) is 14.5 Å². The predicted octanol–water partition coefficient (Wildman–Crippen LogP) is 3.74. The van der Waals surface area contributed by atoms with Gasteiger partial charge in [0, 0.05) is 14.1 Å². The van der Waals surface area contributed by atoms with Crippen LogP contribution in [0.4, 0.5) is 0 Å². The SMILES string of the molecule is C=C(C)c1ccc2c(c1)nc(COc1ccccc1)n2CC(=O)N(C)C. The summed E-state index contributed by atoms with van der Waals surface area (Å²) in [5.41, 5.74) is 3.77. The van der Waals surface area contributed by atoms with E-state index in [9.17, 15) is 4.79 Å². The number of hydrogen-bond acceptors (Lipinski definition) is 3. The monoisotopic (exact) mass is 349 g/mol. The number of imidazole rings is 1. The quantitative estimate of drug-likeness (QED) is 0.681. The Kier molecular flexibility index (Phi) is 5.07. The summed E-state index contributed by atoms with van der Waals surface area (Å²) >= 11 is 0. The lowest BCUT2D eigenvalue weighted by Gasteiger charge is -2.14. The summed E-state index contributed by atoms with van der Waals surface area (Å²) in [6, 6.07) is 15.6. The largest absolute Gasteiger partial charge is 0.486 e. The van der Waals surface area contributed by atoms with Crippen molar-refractivity contribution in [2.45, 2.75) is 20.1 Å². The summed E-state index contributed by atoms with van der Waals surface area (Å²) in [4.78, 5) is 18.6. The molecule has 134 valence electrons. The molecule has 2 aromatic carbocycles. The third-order valence-corrected chi connectivity index (χ3v) is 4.22. The first-order valence-corrected chi connectivity index (χ1v) is 8.48. The predicted molar refractivity (Wildman–Crippen MR) is 104 cm³/mol. The van der Waals surface area contributed by atoms with Crippen molar-refractivity contribution in [3.05, 3.63) is 66.5 Å². The van der Waals surface area contributed by atoms with E-state index >= 15 is 0 Å². The molecular weight excluding hydrogens is 326 g/mol. The summed E-state index contributed by atoms with van der Waals surface area (Å²) in [7, 11) is 3.50. The minimum Gasteiger partial charge on any atom is -0.486 e. The minimum absolute atomic E-state index is 0.00855. The zero-order chi connectivity index (χ0) is 18.7. The molecular formula is C21H23N3O2. The van der Waals surface area contributed by atoms with Gasteiger partial charge in [0.25, 0.3) is 0 Å². The molecule has 1 heterocycles. The van der Waals surface area contributed by atoms with Gasteiger partial charge in [-0.25, -0.2) is 4.98 Å². The lowest BCUT2D eigenvalue weighted by molar-refractivity contribution is -0.129. The van der Waals surface area contributed by atoms with Crippen LogP contribution in [0.1, 0.15) is 18.3 Å².